The molecular formula is C34H44ClN3O6S. The molecule has 2 bridgehead atoms. The number of aryl methyl sites for hydroxylation is 1. The van der Waals surface area contributed by atoms with Crippen molar-refractivity contribution >= 4 is 39.0 Å². The predicted octanol–water partition coefficient (Wildman–Crippen LogP) is 6.26. The van der Waals surface area contributed by atoms with Gasteiger partial charge in [-0.1, -0.05) is 36.7 Å². The molecule has 1 N–H and O–H groups in total. The van der Waals surface area contributed by atoms with Gasteiger partial charge in [0.15, 0.2) is 9.92 Å². The van der Waals surface area contributed by atoms with Crippen molar-refractivity contribution in [3.63, 3.8) is 0 Å². The number of hydrogen-bond acceptors (Lipinski definition) is 7. The van der Waals surface area contributed by atoms with Gasteiger partial charge < -0.3 is 19.1 Å². The maximum Gasteiger partial charge on any atom is 0.287 e. The van der Waals surface area contributed by atoms with Crippen LogP contribution in [0.2, 0.25) is 5.02 Å². The number of amides is 2. The van der Waals surface area contributed by atoms with E-state index in [0.717, 1.165) is 56.4 Å². The molecule has 3 aliphatic rings. The number of ether oxygens (including phenoxy) is 3. The molecule has 2 aliphatic heterocycles. The maximum atomic E-state index is 14.6. The number of nitrogens with one attached hydrogen (secondary N) is 1. The zero-order chi connectivity index (χ0) is 32.2. The van der Waals surface area contributed by atoms with Crippen LogP contribution in [0.3, 0.4) is 0 Å². The van der Waals surface area contributed by atoms with Crippen molar-refractivity contribution in [2.75, 3.05) is 31.7 Å². The third-order valence-corrected chi connectivity index (χ3v) is 11.1. The molecule has 9 nitrogen and oxygen atoms in total. The summed E-state index contributed by atoms with van der Waals surface area (Å²) in [5.41, 5.74) is 1.60. The van der Waals surface area contributed by atoms with Gasteiger partial charge in [0.2, 0.25) is 5.91 Å². The largest absolute Gasteiger partial charge is 0.487 e. The Labute approximate surface area is 272 Å². The Morgan fingerprint density at radius 2 is 2.00 bits per heavy atom. The van der Waals surface area contributed by atoms with Gasteiger partial charge in [0, 0.05) is 31.6 Å². The predicted molar refractivity (Wildman–Crippen MR) is 176 cm³/mol. The summed E-state index contributed by atoms with van der Waals surface area (Å²) in [6.07, 6.45) is 8.73. The van der Waals surface area contributed by atoms with Crippen molar-refractivity contribution in [1.82, 2.24) is 4.72 Å². The zero-order valence-electron chi connectivity index (χ0n) is 26.6. The van der Waals surface area contributed by atoms with E-state index in [2.05, 4.69) is 14.0 Å². The average molecular weight is 658 g/mol. The Morgan fingerprint density at radius 3 is 2.73 bits per heavy atom. The molecule has 1 fully saturated rings. The molecule has 0 saturated heterocycles. The van der Waals surface area contributed by atoms with Gasteiger partial charge in [0.05, 0.1) is 23.3 Å². The molecule has 1 saturated carbocycles. The van der Waals surface area contributed by atoms with Gasteiger partial charge in [-0.3, -0.25) is 14.3 Å². The number of anilines is 1. The van der Waals surface area contributed by atoms with E-state index in [0.29, 0.717) is 29.2 Å². The van der Waals surface area contributed by atoms with Gasteiger partial charge in [-0.05, 0) is 99.2 Å². The van der Waals surface area contributed by atoms with Crippen molar-refractivity contribution in [3.05, 3.63) is 64.7 Å². The van der Waals surface area contributed by atoms with E-state index >= 15 is 0 Å². The molecule has 11 heteroatoms. The number of carbonyl (C=O) groups excluding carboxylic acids is 2. The molecule has 45 heavy (non-hydrogen) atoms. The quantitative estimate of drug-likeness (QED) is 0.388. The minimum absolute atomic E-state index is 0.0821. The number of carbonyl (C=O) groups is 2. The highest BCUT2D eigenvalue weighted by Crippen LogP contribution is 2.42. The van der Waals surface area contributed by atoms with E-state index in [1.165, 1.54) is 5.56 Å². The molecule has 1 aliphatic carbocycles. The summed E-state index contributed by atoms with van der Waals surface area (Å²) in [6.45, 7) is 6.82. The van der Waals surface area contributed by atoms with Crippen LogP contribution in [0.25, 0.3) is 0 Å². The van der Waals surface area contributed by atoms with Crippen LogP contribution in [0.5, 0.6) is 5.75 Å². The molecule has 2 amide bonds. The second kappa shape index (κ2) is 14.2. The molecule has 2 aromatic carbocycles. The van der Waals surface area contributed by atoms with Crippen LogP contribution in [0.1, 0.15) is 64.0 Å². The third-order valence-electron chi connectivity index (χ3n) is 9.06. The fraction of sp³-hybridized carbons (Fsp3) is 0.529. The highest BCUT2D eigenvalue weighted by atomic mass is 35.5. The molecule has 4 atom stereocenters. The topological polar surface area (TPSA) is 107 Å². The molecule has 1 unspecified atom stereocenters. The number of hydrogen-bond donors (Lipinski definition) is 1. The fourth-order valence-electron chi connectivity index (χ4n) is 6.12. The van der Waals surface area contributed by atoms with E-state index in [1.807, 2.05) is 30.4 Å². The van der Waals surface area contributed by atoms with Crippen LogP contribution in [-0.2, 0) is 42.0 Å². The van der Waals surface area contributed by atoms with Crippen molar-refractivity contribution in [1.29, 1.82) is 0 Å². The highest BCUT2D eigenvalue weighted by Gasteiger charge is 2.38. The second-order valence-corrected chi connectivity index (χ2v) is 14.8. The molecule has 2 aromatic rings. The highest BCUT2D eigenvalue weighted by molar-refractivity contribution is 7.92. The van der Waals surface area contributed by atoms with E-state index < -0.39 is 27.3 Å². The lowest BCUT2D eigenvalue weighted by Crippen LogP contribution is -2.44. The van der Waals surface area contributed by atoms with Crippen LogP contribution < -0.4 is 14.4 Å². The summed E-state index contributed by atoms with van der Waals surface area (Å²) in [4.78, 5) is 28.7. The van der Waals surface area contributed by atoms with Gasteiger partial charge in [-0.15, -0.1) is 4.36 Å². The standard InChI is InChI=1S/C34H44ClN3O6S/c1-5-32(39)36-45(41)27-14-16-31-29(20-27)38(17-7-6-9-23-19-26(35)13-11-25(23)22-43-31)21-24-12-15-28(24)30(42-4)10-8-18-44-34(2,3)33(40)37-45/h8,10-11,13-14,16,19-20,24,28,30H,5-7,9,12,15,17-18,21-22H2,1-4H3,(H,36,37,39,40,41)/b10-8+/t24-,28+,30-,45?/m0/s1. The Bertz CT molecular complexity index is 1570. The first-order valence-electron chi connectivity index (χ1n) is 15.8. The first kappa shape index (κ1) is 33.4. The Balaban J connectivity index is 1.65. The second-order valence-electron chi connectivity index (χ2n) is 12.5. The minimum atomic E-state index is -3.71. The van der Waals surface area contributed by atoms with Gasteiger partial charge in [-0.25, -0.2) is 4.21 Å². The summed E-state index contributed by atoms with van der Waals surface area (Å²) in [5.74, 6) is 0.0919. The van der Waals surface area contributed by atoms with Crippen LogP contribution in [-0.4, -0.2) is 54.5 Å². The van der Waals surface area contributed by atoms with Crippen LogP contribution in [0, 0.1) is 11.8 Å². The third kappa shape index (κ3) is 7.73. The summed E-state index contributed by atoms with van der Waals surface area (Å²) >= 11 is 6.35. The number of methoxy groups -OCH3 is 1. The lowest BCUT2D eigenvalue weighted by Gasteiger charge is -2.43. The monoisotopic (exact) mass is 657 g/mol. The maximum absolute atomic E-state index is 14.6. The number of rotatable bonds is 3. The number of nitrogens with zero attached hydrogens (tertiary/aromatic N) is 2. The number of fused-ring (bicyclic) bond motifs is 3. The molecule has 5 rings (SSSR count). The minimum Gasteiger partial charge on any atom is -0.487 e. The fourth-order valence-corrected chi connectivity index (χ4v) is 8.01. The van der Waals surface area contributed by atoms with Crippen LogP contribution in [0.4, 0.5) is 5.69 Å². The SMILES string of the molecule is CCC(=O)NS1(=O)=NC(=O)C(C)(C)OC/C=C/[C@H](OC)[C@@H]2CC[C@H]2CN2CCCCc3cc(Cl)ccc3COc3ccc1cc32. The van der Waals surface area contributed by atoms with Crippen molar-refractivity contribution < 1.29 is 28.0 Å². The van der Waals surface area contributed by atoms with E-state index in [4.69, 9.17) is 25.8 Å². The lowest BCUT2D eigenvalue weighted by atomic mass is 9.70. The molecule has 0 radical (unpaired) electrons. The summed E-state index contributed by atoms with van der Waals surface area (Å²) in [5, 5.41) is 0.702. The smallest absolute Gasteiger partial charge is 0.287 e. The van der Waals surface area contributed by atoms with E-state index in [1.54, 1.807) is 46.1 Å². The van der Waals surface area contributed by atoms with Gasteiger partial charge in [-0.2, -0.15) is 0 Å². The Hall–Kier alpha value is -2.92. The zero-order valence-corrected chi connectivity index (χ0v) is 28.1. The van der Waals surface area contributed by atoms with Gasteiger partial charge in [0.1, 0.15) is 18.0 Å². The Kier molecular flexibility index (Phi) is 10.6. The van der Waals surface area contributed by atoms with Crippen molar-refractivity contribution in [2.45, 2.75) is 82.5 Å². The van der Waals surface area contributed by atoms with Crippen LogP contribution >= 0.6 is 11.6 Å². The van der Waals surface area contributed by atoms with Crippen molar-refractivity contribution in [3.8, 4) is 5.75 Å². The molecule has 0 aromatic heterocycles. The first-order chi connectivity index (χ1) is 21.5. The summed E-state index contributed by atoms with van der Waals surface area (Å²) in [7, 11) is -1.98. The van der Waals surface area contributed by atoms with E-state index in [9.17, 15) is 13.8 Å². The summed E-state index contributed by atoms with van der Waals surface area (Å²) in [6, 6.07) is 11.1. The number of halogens is 1. The van der Waals surface area contributed by atoms with Gasteiger partial charge in [0.25, 0.3) is 5.91 Å². The average Bonchev–Trinajstić information content (AvgIpc) is 3.03. The lowest BCUT2D eigenvalue weighted by molar-refractivity contribution is -0.137. The molecular weight excluding hydrogens is 614 g/mol. The van der Waals surface area contributed by atoms with Crippen molar-refractivity contribution in [2.24, 2.45) is 16.2 Å². The molecule has 0 spiro atoms. The first-order valence-corrected chi connectivity index (χ1v) is 17.7. The molecule has 244 valence electrons. The van der Waals surface area contributed by atoms with Crippen LogP contribution in [0.15, 0.2) is 57.8 Å². The summed E-state index contributed by atoms with van der Waals surface area (Å²) < 4.78 is 39.6. The van der Waals surface area contributed by atoms with E-state index in [-0.39, 0.29) is 24.0 Å². The normalized spacial score (nSPS) is 27.7. The van der Waals surface area contributed by atoms with Gasteiger partial charge >= 0.3 is 0 Å². The Morgan fingerprint density at radius 1 is 1.18 bits per heavy atom. The number of benzene rings is 2. The molecule has 2 heterocycles.